The Bertz CT molecular complexity index is 891. The number of hydrogen-bond acceptors (Lipinski definition) is 5. The minimum Gasteiger partial charge on any atom is -0.497 e. The van der Waals surface area contributed by atoms with Crippen molar-refractivity contribution in [1.82, 2.24) is 4.72 Å². The Kier molecular flexibility index (Phi) is 8.50. The molecule has 0 spiro atoms. The number of hydrogen-bond donors (Lipinski definition) is 1. The zero-order chi connectivity index (χ0) is 19.7. The second-order valence-corrected chi connectivity index (χ2v) is 9.77. The predicted molar refractivity (Wildman–Crippen MR) is 117 cm³/mol. The first kappa shape index (κ1) is 21.6. The van der Waals surface area contributed by atoms with E-state index in [2.05, 4.69) is 30.4 Å². The number of benzene rings is 2. The Morgan fingerprint density at radius 2 is 1.93 bits per heavy atom. The molecule has 0 atom stereocenters. The van der Waals surface area contributed by atoms with Gasteiger partial charge in [0.25, 0.3) is 0 Å². The molecule has 7 heteroatoms. The first-order valence-corrected chi connectivity index (χ1v) is 12.1. The third kappa shape index (κ3) is 6.46. The second-order valence-electron chi connectivity index (χ2n) is 5.54. The number of sulfonamides is 1. The van der Waals surface area contributed by atoms with Crippen molar-refractivity contribution in [3.8, 4) is 5.75 Å². The summed E-state index contributed by atoms with van der Waals surface area (Å²) in [7, 11) is 1.32. The van der Waals surface area contributed by atoms with Crippen LogP contribution in [-0.4, -0.2) is 27.8 Å². The number of nitrogens with one attached hydrogen (secondary N) is 1. The molecule has 0 fully saturated rings. The lowest BCUT2D eigenvalue weighted by molar-refractivity contribution is 0.414. The average molecular weight is 422 g/mol. The molecule has 0 saturated heterocycles. The maximum absolute atomic E-state index is 12.3. The zero-order valence-corrected chi connectivity index (χ0v) is 17.8. The van der Waals surface area contributed by atoms with Crippen LogP contribution < -0.4 is 9.46 Å². The van der Waals surface area contributed by atoms with Gasteiger partial charge >= 0.3 is 0 Å². The zero-order valence-electron chi connectivity index (χ0n) is 15.3. The molecule has 4 nitrogen and oxygen atoms in total. The van der Waals surface area contributed by atoms with Crippen LogP contribution >= 0.6 is 21.6 Å². The van der Waals surface area contributed by atoms with E-state index in [4.69, 9.17) is 4.74 Å². The normalized spacial score (nSPS) is 11.6. The van der Waals surface area contributed by atoms with Crippen LogP contribution in [0.1, 0.15) is 11.1 Å². The largest absolute Gasteiger partial charge is 0.497 e. The molecular formula is C20H23NO3S3. The fraction of sp³-hybridized carbons (Fsp3) is 0.200. The van der Waals surface area contributed by atoms with Crippen molar-refractivity contribution in [1.29, 1.82) is 0 Å². The Balaban J connectivity index is 1.85. The fourth-order valence-electron chi connectivity index (χ4n) is 2.24. The smallest absolute Gasteiger partial charge is 0.240 e. The lowest BCUT2D eigenvalue weighted by Crippen LogP contribution is -2.25. The minimum atomic E-state index is -3.50. The van der Waals surface area contributed by atoms with E-state index in [0.29, 0.717) is 18.0 Å². The molecule has 2 rings (SSSR count). The van der Waals surface area contributed by atoms with Crippen LogP contribution in [0.2, 0.25) is 0 Å². The summed E-state index contributed by atoms with van der Waals surface area (Å²) in [6.07, 6.45) is 5.70. The van der Waals surface area contributed by atoms with Crippen molar-refractivity contribution in [2.24, 2.45) is 0 Å². The Labute approximate surface area is 169 Å². The summed E-state index contributed by atoms with van der Waals surface area (Å²) in [4.78, 5) is 1.41. The lowest BCUT2D eigenvalue weighted by Gasteiger charge is -2.09. The molecule has 0 radical (unpaired) electrons. The lowest BCUT2D eigenvalue weighted by atomic mass is 10.1. The van der Waals surface area contributed by atoms with Gasteiger partial charge in [0, 0.05) is 17.2 Å². The van der Waals surface area contributed by atoms with E-state index in [1.807, 2.05) is 18.2 Å². The highest BCUT2D eigenvalue weighted by molar-refractivity contribution is 8.76. The highest BCUT2D eigenvalue weighted by Crippen LogP contribution is 2.34. The van der Waals surface area contributed by atoms with Crippen molar-refractivity contribution < 1.29 is 13.2 Å². The van der Waals surface area contributed by atoms with Gasteiger partial charge in [0.1, 0.15) is 5.75 Å². The van der Waals surface area contributed by atoms with Gasteiger partial charge in [0.05, 0.1) is 12.0 Å². The van der Waals surface area contributed by atoms with Crippen LogP contribution in [0.4, 0.5) is 0 Å². The summed E-state index contributed by atoms with van der Waals surface area (Å²) in [5.74, 6) is 1.29. The van der Waals surface area contributed by atoms with Crippen molar-refractivity contribution in [3.63, 3.8) is 0 Å². The molecule has 0 aliphatic heterocycles. The van der Waals surface area contributed by atoms with E-state index < -0.39 is 10.0 Å². The fourth-order valence-corrected chi connectivity index (χ4v) is 5.59. The van der Waals surface area contributed by atoms with Crippen LogP contribution in [0, 0.1) is 6.92 Å². The van der Waals surface area contributed by atoms with E-state index in [-0.39, 0.29) is 4.90 Å². The van der Waals surface area contributed by atoms with Crippen molar-refractivity contribution in [2.75, 3.05) is 19.4 Å². The van der Waals surface area contributed by atoms with Crippen molar-refractivity contribution in [2.45, 2.75) is 16.7 Å². The topological polar surface area (TPSA) is 55.4 Å². The predicted octanol–water partition coefficient (Wildman–Crippen LogP) is 4.92. The van der Waals surface area contributed by atoms with Crippen molar-refractivity contribution >= 4 is 37.7 Å². The Morgan fingerprint density at radius 3 is 2.59 bits per heavy atom. The Morgan fingerprint density at radius 1 is 1.19 bits per heavy atom. The quantitative estimate of drug-likeness (QED) is 0.335. The van der Waals surface area contributed by atoms with E-state index in [1.54, 1.807) is 46.9 Å². The maximum Gasteiger partial charge on any atom is 0.240 e. The molecular weight excluding hydrogens is 398 g/mol. The van der Waals surface area contributed by atoms with Crippen LogP contribution in [0.5, 0.6) is 5.75 Å². The molecule has 0 saturated carbocycles. The van der Waals surface area contributed by atoms with Gasteiger partial charge in [-0.05, 0) is 48.4 Å². The SMILES string of the molecule is C=C/C=C\c1cccc(SSCCNS(=O)(=O)c2ccc(OC)cc2)c1C. The number of allylic oxidation sites excluding steroid dienone is 2. The van der Waals surface area contributed by atoms with Gasteiger partial charge in [-0.1, -0.05) is 58.5 Å². The van der Waals surface area contributed by atoms with Gasteiger partial charge in [0.15, 0.2) is 0 Å². The molecule has 2 aromatic carbocycles. The molecule has 0 bridgehead atoms. The molecule has 1 N–H and O–H groups in total. The van der Waals surface area contributed by atoms with Gasteiger partial charge in [-0.3, -0.25) is 0 Å². The number of methoxy groups -OCH3 is 1. The van der Waals surface area contributed by atoms with Gasteiger partial charge in [0.2, 0.25) is 10.0 Å². The standard InChI is InChI=1S/C20H23NO3S3/c1-4-5-7-17-8-6-9-20(16(17)2)26-25-15-14-21-27(22,23)19-12-10-18(24-3)11-13-19/h4-13,21H,1,14-15H2,2-3H3/b7-5-. The van der Waals surface area contributed by atoms with Crippen LogP contribution in [-0.2, 0) is 10.0 Å². The van der Waals surface area contributed by atoms with Gasteiger partial charge < -0.3 is 4.74 Å². The Hall–Kier alpha value is -1.67. The summed E-state index contributed by atoms with van der Waals surface area (Å²) in [5.41, 5.74) is 2.35. The first-order chi connectivity index (χ1) is 13.0. The van der Waals surface area contributed by atoms with Gasteiger partial charge in [-0.2, -0.15) is 0 Å². The maximum atomic E-state index is 12.3. The molecule has 2 aromatic rings. The summed E-state index contributed by atoms with van der Waals surface area (Å²) >= 11 is 0. The average Bonchev–Trinajstić information content (AvgIpc) is 2.68. The minimum absolute atomic E-state index is 0.235. The van der Waals surface area contributed by atoms with E-state index in [0.717, 1.165) is 5.56 Å². The number of ether oxygens (including phenoxy) is 1. The van der Waals surface area contributed by atoms with Gasteiger partial charge in [-0.25, -0.2) is 13.1 Å². The third-order valence-corrected chi connectivity index (χ3v) is 7.71. The van der Waals surface area contributed by atoms with E-state index >= 15 is 0 Å². The molecule has 0 aromatic heterocycles. The van der Waals surface area contributed by atoms with E-state index in [9.17, 15) is 8.42 Å². The van der Waals surface area contributed by atoms with Gasteiger partial charge in [-0.15, -0.1) is 0 Å². The summed E-state index contributed by atoms with van der Waals surface area (Å²) < 4.78 is 32.2. The van der Waals surface area contributed by atoms with Crippen LogP contribution in [0.3, 0.4) is 0 Å². The molecule has 144 valence electrons. The second kappa shape index (κ2) is 10.6. The summed E-state index contributed by atoms with van der Waals surface area (Å²) in [6.45, 7) is 6.13. The monoisotopic (exact) mass is 421 g/mol. The summed E-state index contributed by atoms with van der Waals surface area (Å²) in [6, 6.07) is 12.5. The highest BCUT2D eigenvalue weighted by Gasteiger charge is 2.13. The molecule has 0 heterocycles. The van der Waals surface area contributed by atoms with Crippen LogP contribution in [0.15, 0.2) is 71.0 Å². The third-order valence-electron chi connectivity index (χ3n) is 3.73. The van der Waals surface area contributed by atoms with Crippen LogP contribution in [0.25, 0.3) is 6.08 Å². The molecule has 0 amide bonds. The van der Waals surface area contributed by atoms with E-state index in [1.165, 1.54) is 22.6 Å². The summed E-state index contributed by atoms with van der Waals surface area (Å²) in [5, 5.41) is 0. The molecule has 0 aliphatic rings. The highest BCUT2D eigenvalue weighted by atomic mass is 33.1. The van der Waals surface area contributed by atoms with Crippen molar-refractivity contribution in [3.05, 3.63) is 72.3 Å². The first-order valence-electron chi connectivity index (χ1n) is 8.30. The molecule has 0 aliphatic carbocycles. The number of rotatable bonds is 10. The molecule has 27 heavy (non-hydrogen) atoms. The molecule has 0 unspecified atom stereocenters.